The average Bonchev–Trinajstić information content (AvgIpc) is 2.27. The number of rotatable bonds is 5. The van der Waals surface area contributed by atoms with Crippen molar-refractivity contribution in [1.82, 2.24) is 0 Å². The van der Waals surface area contributed by atoms with Gasteiger partial charge >= 0.3 is 5.97 Å². The smallest absolute Gasteiger partial charge is 0.311 e. The number of hydrogen-bond donors (Lipinski definition) is 0. The van der Waals surface area contributed by atoms with Crippen LogP contribution < -0.4 is 4.74 Å². The Kier molecular flexibility index (Phi) is 4.84. The monoisotopic (exact) mass is 226 g/mol. The van der Waals surface area contributed by atoms with Crippen LogP contribution in [0.4, 0.5) is 0 Å². The van der Waals surface area contributed by atoms with Gasteiger partial charge in [0.25, 0.3) is 0 Å². The third-order valence-corrected chi connectivity index (χ3v) is 2.05. The third kappa shape index (κ3) is 3.72. The Hall–Kier alpha value is -1.35. The van der Waals surface area contributed by atoms with Gasteiger partial charge in [-0.2, -0.15) is 0 Å². The van der Waals surface area contributed by atoms with Crippen molar-refractivity contribution in [3.05, 3.63) is 29.8 Å². The molecule has 0 amide bonds. The summed E-state index contributed by atoms with van der Waals surface area (Å²) in [6.45, 7) is 0. The van der Waals surface area contributed by atoms with Crippen LogP contribution in [0.2, 0.25) is 0 Å². The molecule has 1 aromatic carbocycles. The zero-order valence-corrected chi connectivity index (χ0v) is 8.87. The zero-order chi connectivity index (χ0) is 11.1. The van der Waals surface area contributed by atoms with Crippen molar-refractivity contribution in [1.29, 1.82) is 0 Å². The molecule has 0 unspecified atom stereocenters. The largest absolute Gasteiger partial charge is 0.426 e. The van der Waals surface area contributed by atoms with Crippen molar-refractivity contribution < 1.29 is 14.3 Å². The minimum atomic E-state index is -0.370. The van der Waals surface area contributed by atoms with E-state index in [1.54, 1.807) is 24.3 Å². The number of halogens is 1. The topological polar surface area (TPSA) is 43.4 Å². The molecule has 0 saturated heterocycles. The molecule has 0 bridgehead atoms. The van der Waals surface area contributed by atoms with Crippen LogP contribution in [-0.2, 0) is 4.79 Å². The molecule has 1 rings (SSSR count). The Labute approximate surface area is 93.0 Å². The molecule has 15 heavy (non-hydrogen) atoms. The number of benzene rings is 1. The minimum Gasteiger partial charge on any atom is -0.426 e. The van der Waals surface area contributed by atoms with Crippen LogP contribution in [-0.4, -0.2) is 18.1 Å². The maximum absolute atomic E-state index is 11.2. The summed E-state index contributed by atoms with van der Waals surface area (Å²) < 4.78 is 5.01. The van der Waals surface area contributed by atoms with E-state index in [-0.39, 0.29) is 12.4 Å². The Morgan fingerprint density at radius 2 is 2.13 bits per heavy atom. The molecule has 0 N–H and O–H groups in total. The van der Waals surface area contributed by atoms with Gasteiger partial charge in [-0.15, -0.1) is 11.6 Å². The lowest BCUT2D eigenvalue weighted by molar-refractivity contribution is -0.134. The van der Waals surface area contributed by atoms with Crippen LogP contribution in [0, 0.1) is 0 Å². The lowest BCUT2D eigenvalue weighted by atomic mass is 10.2. The molecular formula is C11H11ClO3. The summed E-state index contributed by atoms with van der Waals surface area (Å²) in [4.78, 5) is 21.9. The van der Waals surface area contributed by atoms with E-state index >= 15 is 0 Å². The molecule has 0 fully saturated rings. The number of alkyl halides is 1. The van der Waals surface area contributed by atoms with Crippen LogP contribution in [0.1, 0.15) is 23.2 Å². The Bertz CT molecular complexity index is 349. The fraction of sp³-hybridized carbons (Fsp3) is 0.273. The first kappa shape index (κ1) is 11.7. The summed E-state index contributed by atoms with van der Waals surface area (Å²) in [5.41, 5.74) is 0.372. The maximum Gasteiger partial charge on any atom is 0.311 e. The van der Waals surface area contributed by atoms with Crippen LogP contribution in [0.25, 0.3) is 0 Å². The van der Waals surface area contributed by atoms with Crippen molar-refractivity contribution >= 4 is 23.9 Å². The Morgan fingerprint density at radius 3 is 2.80 bits per heavy atom. The summed E-state index contributed by atoms with van der Waals surface area (Å²) >= 11 is 5.44. The van der Waals surface area contributed by atoms with Gasteiger partial charge in [0, 0.05) is 12.3 Å². The number of ether oxygens (including phenoxy) is 1. The van der Waals surface area contributed by atoms with Crippen LogP contribution in [0.15, 0.2) is 24.3 Å². The van der Waals surface area contributed by atoms with E-state index in [1.165, 1.54) is 0 Å². The number of carbonyl (C=O) groups excluding carboxylic acids is 2. The van der Waals surface area contributed by atoms with E-state index in [2.05, 4.69) is 0 Å². The Balaban J connectivity index is 2.63. The number of hydrogen-bond acceptors (Lipinski definition) is 3. The highest BCUT2D eigenvalue weighted by Crippen LogP contribution is 2.16. The Morgan fingerprint density at radius 1 is 1.40 bits per heavy atom. The minimum absolute atomic E-state index is 0.261. The fourth-order valence-electron chi connectivity index (χ4n) is 1.06. The SMILES string of the molecule is O=Cc1ccccc1OC(=O)CCCCl. The van der Waals surface area contributed by atoms with E-state index in [4.69, 9.17) is 16.3 Å². The molecule has 0 radical (unpaired) electrons. The highest BCUT2D eigenvalue weighted by atomic mass is 35.5. The molecule has 0 aliphatic rings. The highest BCUT2D eigenvalue weighted by molar-refractivity contribution is 6.17. The molecule has 4 heteroatoms. The van der Waals surface area contributed by atoms with E-state index in [0.29, 0.717) is 29.9 Å². The van der Waals surface area contributed by atoms with E-state index in [0.717, 1.165) is 0 Å². The molecule has 0 spiro atoms. The highest BCUT2D eigenvalue weighted by Gasteiger charge is 2.07. The molecule has 0 atom stereocenters. The number of carbonyl (C=O) groups is 2. The molecule has 0 aliphatic carbocycles. The van der Waals surface area contributed by atoms with Crippen molar-refractivity contribution in [2.45, 2.75) is 12.8 Å². The molecule has 0 heterocycles. The summed E-state index contributed by atoms with van der Waals surface area (Å²) in [5.74, 6) is 0.349. The fourth-order valence-corrected chi connectivity index (χ4v) is 1.19. The summed E-state index contributed by atoms with van der Waals surface area (Å²) in [6, 6.07) is 6.59. The second kappa shape index (κ2) is 6.19. The van der Waals surface area contributed by atoms with E-state index in [1.807, 2.05) is 0 Å². The zero-order valence-electron chi connectivity index (χ0n) is 8.11. The summed E-state index contributed by atoms with van der Waals surface area (Å²) in [7, 11) is 0. The maximum atomic E-state index is 11.2. The van der Waals surface area contributed by atoms with Gasteiger partial charge in [-0.1, -0.05) is 12.1 Å². The van der Waals surface area contributed by atoms with Gasteiger partial charge < -0.3 is 4.74 Å². The third-order valence-electron chi connectivity index (χ3n) is 1.78. The lowest BCUT2D eigenvalue weighted by Gasteiger charge is -2.05. The van der Waals surface area contributed by atoms with Gasteiger partial charge in [0.05, 0.1) is 5.56 Å². The average molecular weight is 227 g/mol. The van der Waals surface area contributed by atoms with Gasteiger partial charge in [0.15, 0.2) is 6.29 Å². The second-order valence-electron chi connectivity index (χ2n) is 2.92. The molecule has 1 aromatic rings. The van der Waals surface area contributed by atoms with Crippen molar-refractivity contribution in [2.24, 2.45) is 0 Å². The van der Waals surface area contributed by atoms with Gasteiger partial charge in [-0.25, -0.2) is 0 Å². The normalized spacial score (nSPS) is 9.67. The van der Waals surface area contributed by atoms with Gasteiger partial charge in [-0.3, -0.25) is 9.59 Å². The van der Waals surface area contributed by atoms with Crippen LogP contribution in [0.5, 0.6) is 5.75 Å². The van der Waals surface area contributed by atoms with E-state index in [9.17, 15) is 9.59 Å². The molecular weight excluding hydrogens is 216 g/mol. The van der Waals surface area contributed by atoms with Crippen LogP contribution >= 0.6 is 11.6 Å². The van der Waals surface area contributed by atoms with Crippen LogP contribution in [0.3, 0.4) is 0 Å². The molecule has 80 valence electrons. The predicted octanol–water partition coefficient (Wildman–Crippen LogP) is 2.42. The molecule has 0 aliphatic heterocycles. The predicted molar refractivity (Wildman–Crippen MR) is 57.4 cm³/mol. The van der Waals surface area contributed by atoms with Crippen molar-refractivity contribution in [3.8, 4) is 5.75 Å². The number of para-hydroxylation sites is 1. The molecule has 0 saturated carbocycles. The quantitative estimate of drug-likeness (QED) is 0.335. The summed E-state index contributed by atoms with van der Waals surface area (Å²) in [5, 5.41) is 0. The lowest BCUT2D eigenvalue weighted by Crippen LogP contribution is -2.09. The first-order valence-corrected chi connectivity index (χ1v) is 5.12. The number of aldehydes is 1. The second-order valence-corrected chi connectivity index (χ2v) is 3.30. The molecule has 3 nitrogen and oxygen atoms in total. The van der Waals surface area contributed by atoms with Gasteiger partial charge in [0.1, 0.15) is 5.75 Å². The van der Waals surface area contributed by atoms with Crippen molar-refractivity contribution in [3.63, 3.8) is 0 Å². The first-order valence-electron chi connectivity index (χ1n) is 4.58. The van der Waals surface area contributed by atoms with Gasteiger partial charge in [-0.05, 0) is 18.6 Å². The number of esters is 1. The van der Waals surface area contributed by atoms with E-state index < -0.39 is 0 Å². The summed E-state index contributed by atoms with van der Waals surface area (Å²) in [6.07, 6.45) is 1.49. The molecule has 0 aromatic heterocycles. The standard InChI is InChI=1S/C11H11ClO3/c12-7-3-6-11(14)15-10-5-2-1-4-9(10)8-13/h1-2,4-5,8H,3,6-7H2. The van der Waals surface area contributed by atoms with Crippen molar-refractivity contribution in [2.75, 3.05) is 5.88 Å². The van der Waals surface area contributed by atoms with Gasteiger partial charge in [0.2, 0.25) is 0 Å². The first-order chi connectivity index (χ1) is 7.27.